The van der Waals surface area contributed by atoms with E-state index in [1.165, 1.54) is 27.7 Å². The lowest BCUT2D eigenvalue weighted by atomic mass is 9.72. The van der Waals surface area contributed by atoms with Crippen LogP contribution in [0.5, 0.6) is 0 Å². The van der Waals surface area contributed by atoms with E-state index in [1.54, 1.807) is 0 Å². The zero-order valence-corrected chi connectivity index (χ0v) is 12.7. The van der Waals surface area contributed by atoms with Crippen molar-refractivity contribution in [3.05, 3.63) is 63.3 Å². The first-order valence-electron chi connectivity index (χ1n) is 6.30. The topological polar surface area (TPSA) is 173 Å². The molecule has 1 aliphatic rings. The second kappa shape index (κ2) is 5.37. The minimum atomic E-state index is -3.73. The van der Waals surface area contributed by atoms with Crippen molar-refractivity contribution in [3.63, 3.8) is 0 Å². The number of hydrogen-bond donors (Lipinski definition) is 0. The van der Waals surface area contributed by atoms with Gasteiger partial charge in [-0.1, -0.05) is 0 Å². The summed E-state index contributed by atoms with van der Waals surface area (Å²) >= 11 is 0. The first-order valence-corrected chi connectivity index (χ1v) is 6.30. The molecule has 12 heteroatoms. The summed E-state index contributed by atoms with van der Waals surface area (Å²) < 4.78 is 0. The average molecular weight is 330 g/mol. The predicted molar refractivity (Wildman–Crippen MR) is 74.7 cm³/mol. The van der Waals surface area contributed by atoms with Crippen LogP contribution in [0.1, 0.15) is 27.7 Å². The Morgan fingerprint density at radius 1 is 0.957 bits per heavy atom. The van der Waals surface area contributed by atoms with E-state index in [4.69, 9.17) is 0 Å². The zero-order valence-electron chi connectivity index (χ0n) is 12.7. The maximum absolute atomic E-state index is 11.3. The van der Waals surface area contributed by atoms with Crippen LogP contribution in [0.25, 0.3) is 0 Å². The van der Waals surface area contributed by atoms with Gasteiger partial charge in [-0.2, -0.15) is 0 Å². The third-order valence-corrected chi connectivity index (χ3v) is 4.56. The highest BCUT2D eigenvalue weighted by Gasteiger charge is 2.77. The molecule has 0 saturated heterocycles. The summed E-state index contributed by atoms with van der Waals surface area (Å²) in [6.07, 6.45) is 0.875. The van der Waals surface area contributed by atoms with E-state index in [0.29, 0.717) is 0 Å². The third kappa shape index (κ3) is 2.13. The summed E-state index contributed by atoms with van der Waals surface area (Å²) in [5, 5.41) is 44.9. The largest absolute Gasteiger partial charge is 0.709 e. The molecule has 0 bridgehead atoms. The first-order chi connectivity index (χ1) is 10.4. The third-order valence-electron chi connectivity index (χ3n) is 4.56. The molecule has 0 heterocycles. The predicted octanol–water partition coefficient (Wildman–Crippen LogP) is 1.42. The molecule has 0 amide bonds. The second-order valence-electron chi connectivity index (χ2n) is 5.42. The maximum Gasteiger partial charge on any atom is 0.709 e. The highest BCUT2D eigenvalue weighted by Crippen LogP contribution is 2.43. The number of nitrogens with zero attached hydrogens (tertiary/aromatic N) is 4. The zero-order chi connectivity index (χ0) is 18.3. The highest BCUT2D eigenvalue weighted by atomic mass is 16.7. The molecule has 23 heavy (non-hydrogen) atoms. The summed E-state index contributed by atoms with van der Waals surface area (Å²) in [5.41, 5.74) is -1.90. The van der Waals surface area contributed by atoms with Crippen LogP contribution in [0, 0.1) is 46.4 Å². The first kappa shape index (κ1) is 18.1. The van der Waals surface area contributed by atoms with Crippen molar-refractivity contribution in [3.8, 4) is 0 Å². The van der Waals surface area contributed by atoms with Gasteiger partial charge in [0.25, 0.3) is 5.54 Å². The molecule has 12 nitrogen and oxygen atoms in total. The van der Waals surface area contributed by atoms with Gasteiger partial charge in [0.2, 0.25) is 5.92 Å². The van der Waals surface area contributed by atoms with E-state index in [-0.39, 0.29) is 16.7 Å². The molecule has 0 N–H and O–H groups in total. The van der Waals surface area contributed by atoms with Gasteiger partial charge in [-0.25, -0.2) is 0 Å². The summed E-state index contributed by atoms with van der Waals surface area (Å²) in [5.74, 6) is -5.57. The number of hydrogen-bond acceptors (Lipinski definition) is 8. The van der Waals surface area contributed by atoms with E-state index < -0.39 is 36.9 Å². The Kier molecular flexibility index (Phi) is 4.23. The molecular formula is C11H14N4O8. The van der Waals surface area contributed by atoms with Crippen molar-refractivity contribution in [2.75, 3.05) is 0 Å². The van der Waals surface area contributed by atoms with Gasteiger partial charge in [-0.15, -0.1) is 0 Å². The molecule has 0 saturated carbocycles. The van der Waals surface area contributed by atoms with Crippen LogP contribution in [-0.4, -0.2) is 31.0 Å². The van der Waals surface area contributed by atoms with E-state index in [9.17, 15) is 40.5 Å². The minimum Gasteiger partial charge on any atom is -0.263 e. The van der Waals surface area contributed by atoms with Crippen LogP contribution in [0.4, 0.5) is 0 Å². The molecule has 0 aromatic heterocycles. The molecule has 126 valence electrons. The fourth-order valence-corrected chi connectivity index (χ4v) is 2.67. The molecule has 0 spiro atoms. The lowest BCUT2D eigenvalue weighted by molar-refractivity contribution is -0.975. The molecule has 1 aliphatic carbocycles. The van der Waals surface area contributed by atoms with Crippen LogP contribution in [0.2, 0.25) is 0 Å². The van der Waals surface area contributed by atoms with Crippen molar-refractivity contribution in [1.82, 2.24) is 0 Å². The Bertz CT molecular complexity index is 645. The van der Waals surface area contributed by atoms with Crippen LogP contribution in [0.15, 0.2) is 22.8 Å². The molecule has 1 rings (SSSR count). The summed E-state index contributed by atoms with van der Waals surface area (Å²) in [6, 6.07) is 0. The molecule has 0 unspecified atom stereocenters. The van der Waals surface area contributed by atoms with Gasteiger partial charge in [-0.3, -0.25) is 40.5 Å². The minimum absolute atomic E-state index is 0.00225. The fraction of sp³-hybridized carbons (Fsp3) is 0.636. The van der Waals surface area contributed by atoms with Crippen molar-refractivity contribution in [1.29, 1.82) is 0 Å². The molecule has 2 atom stereocenters. The van der Waals surface area contributed by atoms with Crippen LogP contribution < -0.4 is 0 Å². The van der Waals surface area contributed by atoms with Gasteiger partial charge in [0.15, 0.2) is 14.8 Å². The summed E-state index contributed by atoms with van der Waals surface area (Å²) in [6.45, 7) is 4.97. The number of nitro groups is 4. The molecule has 0 aliphatic heterocycles. The lowest BCUT2D eigenvalue weighted by Gasteiger charge is -2.31. The van der Waals surface area contributed by atoms with Gasteiger partial charge < -0.3 is 0 Å². The van der Waals surface area contributed by atoms with Crippen LogP contribution in [-0.2, 0) is 0 Å². The number of rotatable bonds is 5. The average Bonchev–Trinajstić information content (AvgIpc) is 2.41. The van der Waals surface area contributed by atoms with Gasteiger partial charge >= 0.3 is 5.79 Å². The fourth-order valence-electron chi connectivity index (χ4n) is 2.67. The monoisotopic (exact) mass is 330 g/mol. The van der Waals surface area contributed by atoms with Crippen molar-refractivity contribution in [2.24, 2.45) is 5.92 Å². The van der Waals surface area contributed by atoms with E-state index in [2.05, 4.69) is 0 Å². The summed E-state index contributed by atoms with van der Waals surface area (Å²) in [4.78, 5) is 39.5. The Labute approximate surface area is 129 Å². The van der Waals surface area contributed by atoms with E-state index in [1.807, 2.05) is 0 Å². The van der Waals surface area contributed by atoms with Gasteiger partial charge in [0.05, 0.1) is 0 Å². The van der Waals surface area contributed by atoms with Crippen molar-refractivity contribution in [2.45, 2.75) is 39.0 Å². The van der Waals surface area contributed by atoms with Crippen molar-refractivity contribution >= 4 is 0 Å². The lowest BCUT2D eigenvalue weighted by Crippen LogP contribution is -2.60. The Balaban J connectivity index is 3.78. The van der Waals surface area contributed by atoms with Gasteiger partial charge in [0.1, 0.15) is 0 Å². The Morgan fingerprint density at radius 3 is 1.65 bits per heavy atom. The van der Waals surface area contributed by atoms with E-state index in [0.717, 1.165) is 6.08 Å². The molecule has 0 aromatic rings. The van der Waals surface area contributed by atoms with Crippen molar-refractivity contribution < 1.29 is 19.7 Å². The normalized spacial score (nSPS) is 24.9. The smallest absolute Gasteiger partial charge is 0.263 e. The van der Waals surface area contributed by atoms with Crippen LogP contribution in [0.3, 0.4) is 0 Å². The van der Waals surface area contributed by atoms with Gasteiger partial charge in [-0.05, 0) is 32.4 Å². The molecular weight excluding hydrogens is 316 g/mol. The standard InChI is InChI=1S/C11H14N4O8/c1-6-5-9(7(2)8(3)10(6,4)12(16)17)11(13(18)19,14(20)21)15(22)23/h5,9H,1-4H3/t9-,10+/m1/s1. The SMILES string of the molecule is CC1=C[C@@H](C([N+](=O)[O-])([N+](=O)[O-])[N+](=O)[O-])C(C)=C(C)[C@@]1(C)[N+](=O)[O-]. The quantitative estimate of drug-likeness (QED) is 0.315. The molecule has 0 aromatic carbocycles. The van der Waals surface area contributed by atoms with Gasteiger partial charge in [0, 0.05) is 23.0 Å². The highest BCUT2D eigenvalue weighted by molar-refractivity contribution is 5.40. The van der Waals surface area contributed by atoms with E-state index >= 15 is 0 Å². The molecule has 0 fully saturated rings. The Hall–Kier alpha value is -2.92. The summed E-state index contributed by atoms with van der Waals surface area (Å²) in [7, 11) is 0. The molecule has 0 radical (unpaired) electrons. The van der Waals surface area contributed by atoms with Crippen LogP contribution >= 0.6 is 0 Å². The second-order valence-corrected chi connectivity index (χ2v) is 5.42. The Morgan fingerprint density at radius 2 is 1.35 bits per heavy atom. The maximum atomic E-state index is 11.3.